The minimum absolute atomic E-state index is 0.00778. The second-order valence-corrected chi connectivity index (χ2v) is 12.9. The first-order chi connectivity index (χ1) is 19.5. The van der Waals surface area contributed by atoms with Crippen molar-refractivity contribution in [2.75, 3.05) is 17.1 Å². The first kappa shape index (κ1) is 30.8. The zero-order valence-corrected chi connectivity index (χ0v) is 24.9. The van der Waals surface area contributed by atoms with Crippen LogP contribution in [0.2, 0.25) is 10.0 Å². The molecule has 0 unspecified atom stereocenters. The normalized spacial score (nSPS) is 14.4. The summed E-state index contributed by atoms with van der Waals surface area (Å²) in [5, 5.41) is 3.69. The predicted molar refractivity (Wildman–Crippen MR) is 160 cm³/mol. The van der Waals surface area contributed by atoms with Gasteiger partial charge in [0.15, 0.2) is 0 Å². The zero-order valence-electron chi connectivity index (χ0n) is 22.6. The van der Waals surface area contributed by atoms with Gasteiger partial charge in [-0.25, -0.2) is 12.8 Å². The van der Waals surface area contributed by atoms with Gasteiger partial charge in [-0.1, -0.05) is 78.5 Å². The maximum absolute atomic E-state index is 14.1. The van der Waals surface area contributed by atoms with Crippen LogP contribution in [0.25, 0.3) is 0 Å². The molecule has 0 aromatic heterocycles. The molecule has 3 aromatic carbocycles. The van der Waals surface area contributed by atoms with Crippen molar-refractivity contribution < 1.29 is 22.4 Å². The third-order valence-corrected chi connectivity index (χ3v) is 8.99. The number of nitrogens with zero attached hydrogens (tertiary/aromatic N) is 2. The Hall–Kier alpha value is -3.14. The molecule has 1 aliphatic carbocycles. The highest BCUT2D eigenvalue weighted by molar-refractivity contribution is 7.92. The maximum Gasteiger partial charge on any atom is 0.244 e. The Bertz CT molecular complexity index is 1460. The molecule has 1 saturated carbocycles. The van der Waals surface area contributed by atoms with Gasteiger partial charge in [-0.3, -0.25) is 13.9 Å². The van der Waals surface area contributed by atoms with E-state index < -0.39 is 34.3 Å². The fourth-order valence-corrected chi connectivity index (χ4v) is 6.38. The Labute approximate surface area is 250 Å². The molecular weight excluding hydrogens is 588 g/mol. The van der Waals surface area contributed by atoms with Gasteiger partial charge in [-0.2, -0.15) is 0 Å². The van der Waals surface area contributed by atoms with E-state index >= 15 is 0 Å². The van der Waals surface area contributed by atoms with E-state index in [4.69, 9.17) is 23.2 Å². The number of amides is 2. The summed E-state index contributed by atoms with van der Waals surface area (Å²) >= 11 is 13.0. The molecule has 1 aliphatic rings. The molecular formula is C30H32Cl2FN3O4S. The van der Waals surface area contributed by atoms with Crippen LogP contribution in [0.4, 0.5) is 10.1 Å². The largest absolute Gasteiger partial charge is 0.352 e. The lowest BCUT2D eigenvalue weighted by molar-refractivity contribution is -0.140. The summed E-state index contributed by atoms with van der Waals surface area (Å²) in [4.78, 5) is 29.3. The summed E-state index contributed by atoms with van der Waals surface area (Å²) < 4.78 is 40.5. The van der Waals surface area contributed by atoms with E-state index in [0.29, 0.717) is 15.6 Å². The van der Waals surface area contributed by atoms with Crippen LogP contribution in [-0.2, 0) is 32.6 Å². The minimum atomic E-state index is -4.01. The summed E-state index contributed by atoms with van der Waals surface area (Å²) in [5.74, 6) is -1.67. The second kappa shape index (κ2) is 13.7. The SMILES string of the molecule is CS(=O)(=O)N(CC(=O)N(Cc1c(Cl)cccc1Cl)[C@H](Cc1ccccc1)C(=O)NC1CCCC1)c1cccc(F)c1. The van der Waals surface area contributed by atoms with E-state index in [1.165, 1.54) is 23.1 Å². The predicted octanol–water partition coefficient (Wildman–Crippen LogP) is 5.60. The summed E-state index contributed by atoms with van der Waals surface area (Å²) in [6.45, 7) is -0.806. The van der Waals surface area contributed by atoms with Gasteiger partial charge >= 0.3 is 0 Å². The van der Waals surface area contributed by atoms with E-state index in [2.05, 4.69) is 5.32 Å². The summed E-state index contributed by atoms with van der Waals surface area (Å²) in [6.07, 6.45) is 4.80. The van der Waals surface area contributed by atoms with E-state index in [1.54, 1.807) is 18.2 Å². The number of hydrogen-bond donors (Lipinski definition) is 1. The first-order valence-electron chi connectivity index (χ1n) is 13.3. The maximum atomic E-state index is 14.1. The van der Waals surface area contributed by atoms with Gasteiger partial charge in [0.2, 0.25) is 21.8 Å². The molecule has 0 radical (unpaired) electrons. The highest BCUT2D eigenvalue weighted by Crippen LogP contribution is 2.28. The number of anilines is 1. The van der Waals surface area contributed by atoms with Crippen molar-refractivity contribution in [1.82, 2.24) is 10.2 Å². The molecule has 1 atom stereocenters. The Kier molecular flexibility index (Phi) is 10.3. The molecule has 0 heterocycles. The molecule has 41 heavy (non-hydrogen) atoms. The fourth-order valence-electron chi connectivity index (χ4n) is 5.02. The molecule has 0 bridgehead atoms. The fraction of sp³-hybridized carbons (Fsp3) is 0.333. The standard InChI is InChI=1S/C30H32Cl2FN3O4S/c1-41(39,40)36(24-14-7-11-22(33)18-24)20-29(37)35(19-25-26(31)15-8-16-27(25)32)28(17-21-9-3-2-4-10-21)30(38)34-23-12-5-6-13-23/h2-4,7-11,14-16,18,23,28H,5-6,12-13,17,19-20H2,1H3,(H,34,38)/t28-/m1/s1. The molecule has 3 aromatic rings. The average molecular weight is 621 g/mol. The second-order valence-electron chi connectivity index (χ2n) is 10.2. The lowest BCUT2D eigenvalue weighted by atomic mass is 10.0. The lowest BCUT2D eigenvalue weighted by Gasteiger charge is -2.34. The molecule has 0 aliphatic heterocycles. The Morgan fingerprint density at radius 1 is 0.976 bits per heavy atom. The van der Waals surface area contributed by atoms with Crippen molar-refractivity contribution in [2.45, 2.75) is 50.7 Å². The minimum Gasteiger partial charge on any atom is -0.352 e. The molecule has 218 valence electrons. The highest BCUT2D eigenvalue weighted by atomic mass is 35.5. The highest BCUT2D eigenvalue weighted by Gasteiger charge is 2.35. The third kappa shape index (κ3) is 8.21. The number of hydrogen-bond acceptors (Lipinski definition) is 4. The molecule has 0 saturated heterocycles. The van der Waals surface area contributed by atoms with Crippen LogP contribution in [0.1, 0.15) is 36.8 Å². The topological polar surface area (TPSA) is 86.8 Å². The van der Waals surface area contributed by atoms with Crippen molar-refractivity contribution >= 4 is 50.7 Å². The average Bonchev–Trinajstić information content (AvgIpc) is 3.43. The first-order valence-corrected chi connectivity index (χ1v) is 15.9. The van der Waals surface area contributed by atoms with Gasteiger partial charge in [0.25, 0.3) is 0 Å². The summed E-state index contributed by atoms with van der Waals surface area (Å²) in [7, 11) is -4.01. The zero-order chi connectivity index (χ0) is 29.6. The van der Waals surface area contributed by atoms with Gasteiger partial charge in [-0.15, -0.1) is 0 Å². The molecule has 11 heteroatoms. The Morgan fingerprint density at radius 3 is 2.22 bits per heavy atom. The molecule has 7 nitrogen and oxygen atoms in total. The number of carbonyl (C=O) groups is 2. The summed E-state index contributed by atoms with van der Waals surface area (Å²) in [5.41, 5.74) is 1.23. The van der Waals surface area contributed by atoms with Gasteiger partial charge in [0.1, 0.15) is 18.4 Å². The van der Waals surface area contributed by atoms with Crippen LogP contribution in [-0.4, -0.2) is 50.0 Å². The van der Waals surface area contributed by atoms with Crippen molar-refractivity contribution in [2.24, 2.45) is 0 Å². The van der Waals surface area contributed by atoms with Crippen molar-refractivity contribution in [3.63, 3.8) is 0 Å². The molecule has 1 N–H and O–H groups in total. The lowest BCUT2D eigenvalue weighted by Crippen LogP contribution is -2.54. The molecule has 0 spiro atoms. The molecule has 4 rings (SSSR count). The van der Waals surface area contributed by atoms with Crippen LogP contribution in [0.5, 0.6) is 0 Å². The van der Waals surface area contributed by atoms with Crippen LogP contribution >= 0.6 is 23.2 Å². The smallest absolute Gasteiger partial charge is 0.244 e. The van der Waals surface area contributed by atoms with Crippen LogP contribution in [0, 0.1) is 5.82 Å². The molecule has 1 fully saturated rings. The van der Waals surface area contributed by atoms with Gasteiger partial charge in [0.05, 0.1) is 11.9 Å². The van der Waals surface area contributed by atoms with Gasteiger partial charge in [-0.05, 0) is 48.7 Å². The van der Waals surface area contributed by atoms with Gasteiger partial charge in [0, 0.05) is 34.6 Å². The number of rotatable bonds is 11. The van der Waals surface area contributed by atoms with Crippen molar-refractivity contribution in [1.29, 1.82) is 0 Å². The third-order valence-electron chi connectivity index (χ3n) is 7.14. The van der Waals surface area contributed by atoms with Crippen LogP contribution < -0.4 is 9.62 Å². The van der Waals surface area contributed by atoms with E-state index in [9.17, 15) is 22.4 Å². The number of nitrogens with one attached hydrogen (secondary N) is 1. The number of carbonyl (C=O) groups excluding carboxylic acids is 2. The van der Waals surface area contributed by atoms with E-state index in [0.717, 1.165) is 47.9 Å². The monoisotopic (exact) mass is 619 g/mol. The molecule has 2 amide bonds. The Morgan fingerprint density at radius 2 is 1.61 bits per heavy atom. The summed E-state index contributed by atoms with van der Waals surface area (Å²) in [6, 6.07) is 18.2. The van der Waals surface area contributed by atoms with Crippen LogP contribution in [0.3, 0.4) is 0 Å². The van der Waals surface area contributed by atoms with Crippen molar-refractivity contribution in [3.8, 4) is 0 Å². The quantitative estimate of drug-likeness (QED) is 0.303. The number of halogens is 3. The van der Waals surface area contributed by atoms with Crippen LogP contribution in [0.15, 0.2) is 72.8 Å². The van der Waals surface area contributed by atoms with E-state index in [-0.39, 0.29) is 30.6 Å². The number of sulfonamides is 1. The van der Waals surface area contributed by atoms with E-state index in [1.807, 2.05) is 30.3 Å². The van der Waals surface area contributed by atoms with Crippen molar-refractivity contribution in [3.05, 3.63) is 99.8 Å². The number of benzene rings is 3. The Balaban J connectivity index is 1.76. The van der Waals surface area contributed by atoms with Gasteiger partial charge < -0.3 is 10.2 Å².